The lowest BCUT2D eigenvalue weighted by Gasteiger charge is -1.99. The van der Waals surface area contributed by atoms with Gasteiger partial charge in [-0.05, 0) is 26.0 Å². The van der Waals surface area contributed by atoms with Gasteiger partial charge in [-0.15, -0.1) is 0 Å². The van der Waals surface area contributed by atoms with Crippen molar-refractivity contribution in [2.45, 2.75) is 26.8 Å². The number of aromatic nitrogens is 3. The van der Waals surface area contributed by atoms with Crippen molar-refractivity contribution in [3.8, 4) is 0 Å². The van der Waals surface area contributed by atoms with Crippen molar-refractivity contribution in [3.05, 3.63) is 59.3 Å². The summed E-state index contributed by atoms with van der Waals surface area (Å²) in [7, 11) is 2.14. The first-order valence-corrected chi connectivity index (χ1v) is 7.76. The fourth-order valence-electron chi connectivity index (χ4n) is 3.44. The van der Waals surface area contributed by atoms with Gasteiger partial charge in [-0.3, -0.25) is 0 Å². The molecule has 22 heavy (non-hydrogen) atoms. The molecule has 0 unspecified atom stereocenters. The summed E-state index contributed by atoms with van der Waals surface area (Å²) in [6.07, 6.45) is 7.59. The number of benzene rings is 1. The van der Waals surface area contributed by atoms with E-state index in [2.05, 4.69) is 64.6 Å². The molecule has 3 heterocycles. The molecule has 3 nitrogen and oxygen atoms in total. The van der Waals surface area contributed by atoms with Crippen LogP contribution in [0, 0.1) is 13.8 Å². The van der Waals surface area contributed by atoms with Crippen LogP contribution in [0.25, 0.3) is 22.6 Å². The second-order valence-corrected chi connectivity index (χ2v) is 6.10. The van der Waals surface area contributed by atoms with Crippen LogP contribution in [0.4, 0.5) is 0 Å². The monoisotopic (exact) mass is 290 g/mol. The van der Waals surface area contributed by atoms with E-state index in [-0.39, 0.29) is 0 Å². The van der Waals surface area contributed by atoms with Gasteiger partial charge >= 0.3 is 0 Å². The van der Waals surface area contributed by atoms with E-state index in [1.807, 2.05) is 13.1 Å². The third kappa shape index (κ3) is 1.89. The molecule has 3 heteroatoms. The Balaban J connectivity index is 1.91. The van der Waals surface area contributed by atoms with Crippen LogP contribution in [0.1, 0.15) is 29.1 Å². The lowest BCUT2D eigenvalue weighted by atomic mass is 10.1. The molecule has 4 rings (SSSR count). The Bertz CT molecular complexity index is 916. The SMILES string of the molecule is Cc1c[n+]2c(cn1)/C(=C/c1c(C)n(C)c3ccccc13)CC2. The quantitative estimate of drug-likeness (QED) is 0.629. The van der Waals surface area contributed by atoms with Crippen molar-refractivity contribution in [1.82, 2.24) is 9.55 Å². The van der Waals surface area contributed by atoms with Gasteiger partial charge in [0, 0.05) is 41.2 Å². The zero-order valence-electron chi connectivity index (χ0n) is 13.3. The largest absolute Gasteiger partial charge is 0.347 e. The van der Waals surface area contributed by atoms with Crippen molar-refractivity contribution >= 4 is 22.6 Å². The molecule has 0 N–H and O–H groups in total. The number of hydrogen-bond donors (Lipinski definition) is 0. The normalized spacial score (nSPS) is 15.7. The summed E-state index contributed by atoms with van der Waals surface area (Å²) in [6, 6.07) is 8.62. The maximum absolute atomic E-state index is 4.47. The Morgan fingerprint density at radius 2 is 2.05 bits per heavy atom. The zero-order chi connectivity index (χ0) is 15.3. The lowest BCUT2D eigenvalue weighted by molar-refractivity contribution is -0.690. The average Bonchev–Trinajstić information content (AvgIpc) is 3.02. The smallest absolute Gasteiger partial charge is 0.227 e. The van der Waals surface area contributed by atoms with Crippen LogP contribution in [-0.4, -0.2) is 9.55 Å². The molecule has 0 amide bonds. The van der Waals surface area contributed by atoms with Crippen molar-refractivity contribution in [2.75, 3.05) is 0 Å². The summed E-state index contributed by atoms with van der Waals surface area (Å²) in [6.45, 7) is 5.29. The Labute approximate surface area is 130 Å². The highest BCUT2D eigenvalue weighted by molar-refractivity contribution is 5.95. The van der Waals surface area contributed by atoms with Crippen LogP contribution in [0.15, 0.2) is 36.7 Å². The minimum atomic E-state index is 1.05. The predicted molar refractivity (Wildman–Crippen MR) is 89.3 cm³/mol. The molecule has 0 atom stereocenters. The molecule has 1 aliphatic heterocycles. The maximum atomic E-state index is 4.47. The second-order valence-electron chi connectivity index (χ2n) is 6.10. The average molecular weight is 290 g/mol. The summed E-state index contributed by atoms with van der Waals surface area (Å²) >= 11 is 0. The number of nitrogens with zero attached hydrogens (tertiary/aromatic N) is 3. The lowest BCUT2D eigenvalue weighted by Crippen LogP contribution is -2.33. The molecular weight excluding hydrogens is 270 g/mol. The number of fused-ring (bicyclic) bond motifs is 2. The number of hydrogen-bond acceptors (Lipinski definition) is 1. The summed E-state index contributed by atoms with van der Waals surface area (Å²) < 4.78 is 4.59. The van der Waals surface area contributed by atoms with E-state index in [9.17, 15) is 0 Å². The van der Waals surface area contributed by atoms with E-state index in [1.54, 1.807) is 0 Å². The van der Waals surface area contributed by atoms with Crippen molar-refractivity contribution in [3.63, 3.8) is 0 Å². The molecular formula is C19H20N3+. The number of rotatable bonds is 1. The van der Waals surface area contributed by atoms with Crippen LogP contribution in [0.5, 0.6) is 0 Å². The molecule has 0 fully saturated rings. The van der Waals surface area contributed by atoms with Gasteiger partial charge in [0.15, 0.2) is 12.7 Å². The van der Waals surface area contributed by atoms with Gasteiger partial charge < -0.3 is 4.57 Å². The van der Waals surface area contributed by atoms with E-state index < -0.39 is 0 Å². The first kappa shape index (κ1) is 13.3. The molecule has 0 aliphatic carbocycles. The van der Waals surface area contributed by atoms with Gasteiger partial charge in [-0.2, -0.15) is 4.57 Å². The number of allylic oxidation sites excluding steroid dienone is 1. The summed E-state index contributed by atoms with van der Waals surface area (Å²) in [5.41, 5.74) is 7.64. The summed E-state index contributed by atoms with van der Waals surface area (Å²) in [4.78, 5) is 4.47. The van der Waals surface area contributed by atoms with Crippen molar-refractivity contribution in [1.29, 1.82) is 0 Å². The molecule has 0 bridgehead atoms. The molecule has 1 aromatic carbocycles. The Morgan fingerprint density at radius 3 is 2.91 bits per heavy atom. The number of para-hydroxylation sites is 1. The Hall–Kier alpha value is -2.42. The molecule has 110 valence electrons. The van der Waals surface area contributed by atoms with Crippen LogP contribution < -0.4 is 4.57 Å². The molecule has 3 aromatic rings. The van der Waals surface area contributed by atoms with E-state index in [0.29, 0.717) is 0 Å². The van der Waals surface area contributed by atoms with Crippen molar-refractivity contribution in [2.24, 2.45) is 7.05 Å². The van der Waals surface area contributed by atoms with Crippen LogP contribution in [0.2, 0.25) is 0 Å². The first-order chi connectivity index (χ1) is 10.6. The van der Waals surface area contributed by atoms with Gasteiger partial charge in [-0.25, -0.2) is 4.98 Å². The number of aryl methyl sites for hydroxylation is 3. The summed E-state index contributed by atoms with van der Waals surface area (Å²) in [5.74, 6) is 0. The third-order valence-electron chi connectivity index (χ3n) is 4.76. The molecule has 0 saturated carbocycles. The van der Waals surface area contributed by atoms with E-state index in [0.717, 1.165) is 18.7 Å². The highest BCUT2D eigenvalue weighted by Crippen LogP contribution is 2.30. The molecule has 0 spiro atoms. The maximum Gasteiger partial charge on any atom is 0.227 e. The molecule has 2 aromatic heterocycles. The van der Waals surface area contributed by atoms with Crippen molar-refractivity contribution < 1.29 is 4.57 Å². The molecule has 0 radical (unpaired) electrons. The predicted octanol–water partition coefficient (Wildman–Crippen LogP) is 3.42. The minimum Gasteiger partial charge on any atom is -0.347 e. The molecule has 1 aliphatic rings. The highest BCUT2D eigenvalue weighted by Gasteiger charge is 2.25. The van der Waals surface area contributed by atoms with Crippen LogP contribution >= 0.6 is 0 Å². The van der Waals surface area contributed by atoms with E-state index in [1.165, 1.54) is 33.4 Å². The van der Waals surface area contributed by atoms with Crippen LogP contribution in [0.3, 0.4) is 0 Å². The summed E-state index contributed by atoms with van der Waals surface area (Å²) in [5, 5.41) is 1.33. The highest BCUT2D eigenvalue weighted by atomic mass is 15.0. The Morgan fingerprint density at radius 1 is 1.23 bits per heavy atom. The fraction of sp³-hybridized carbons (Fsp3) is 0.263. The first-order valence-electron chi connectivity index (χ1n) is 7.76. The van der Waals surface area contributed by atoms with Gasteiger partial charge in [0.1, 0.15) is 5.69 Å². The van der Waals surface area contributed by atoms with E-state index >= 15 is 0 Å². The van der Waals surface area contributed by atoms with Gasteiger partial charge in [-0.1, -0.05) is 18.2 Å². The molecule has 0 saturated heterocycles. The topological polar surface area (TPSA) is 21.7 Å². The third-order valence-corrected chi connectivity index (χ3v) is 4.76. The minimum absolute atomic E-state index is 1.05. The fourth-order valence-corrected chi connectivity index (χ4v) is 3.44. The second kappa shape index (κ2) is 4.80. The Kier molecular flexibility index (Phi) is 2.89. The van der Waals surface area contributed by atoms with Gasteiger partial charge in [0.05, 0.1) is 6.20 Å². The standard InChI is InChI=1S/C19H20N3/c1-13-12-22-9-8-15(19(22)11-20-13)10-17-14(2)21(3)18-7-5-4-6-16(17)18/h4-7,10-12H,8-9H2,1-3H3/q+1. The zero-order valence-corrected chi connectivity index (χ0v) is 13.3. The van der Waals surface area contributed by atoms with Gasteiger partial charge in [0.2, 0.25) is 5.69 Å². The van der Waals surface area contributed by atoms with Gasteiger partial charge in [0.25, 0.3) is 0 Å². The van der Waals surface area contributed by atoms with E-state index in [4.69, 9.17) is 0 Å². The van der Waals surface area contributed by atoms with Crippen LogP contribution in [-0.2, 0) is 13.6 Å².